The molecule has 0 fully saturated rings. The van der Waals surface area contributed by atoms with Crippen molar-refractivity contribution < 1.29 is 14.6 Å². The molecule has 118 valence electrons. The molecule has 0 aliphatic carbocycles. The largest absolute Gasteiger partial charge is 0.507 e. The number of rotatable bonds is 7. The third-order valence-corrected chi connectivity index (χ3v) is 3.57. The van der Waals surface area contributed by atoms with Crippen LogP contribution < -0.4 is 0 Å². The predicted molar refractivity (Wildman–Crippen MR) is 85.5 cm³/mol. The Labute approximate surface area is 128 Å². The minimum atomic E-state index is -0.144. The number of hydrogen-bond acceptors (Lipinski definition) is 3. The van der Waals surface area contributed by atoms with Crippen molar-refractivity contribution in [3.8, 4) is 5.75 Å². The van der Waals surface area contributed by atoms with Crippen molar-refractivity contribution in [3.05, 3.63) is 28.8 Å². The molecule has 0 aromatic heterocycles. The van der Waals surface area contributed by atoms with Gasteiger partial charge in [-0.25, -0.2) is 0 Å². The maximum atomic E-state index is 11.8. The highest BCUT2D eigenvalue weighted by molar-refractivity contribution is 5.69. The van der Waals surface area contributed by atoms with Crippen LogP contribution in [0.3, 0.4) is 0 Å². The van der Waals surface area contributed by atoms with Crippen LogP contribution in [0.15, 0.2) is 12.1 Å². The third kappa shape index (κ3) is 6.19. The van der Waals surface area contributed by atoms with Crippen LogP contribution in [0.2, 0.25) is 0 Å². The summed E-state index contributed by atoms with van der Waals surface area (Å²) in [5, 5.41) is 9.73. The molecule has 0 aliphatic rings. The summed E-state index contributed by atoms with van der Waals surface area (Å²) in [5.74, 6) is 1.23. The highest BCUT2D eigenvalue weighted by atomic mass is 16.5. The van der Waals surface area contributed by atoms with Crippen molar-refractivity contribution in [2.45, 2.75) is 53.9 Å². The fourth-order valence-corrected chi connectivity index (χ4v) is 2.62. The Morgan fingerprint density at radius 3 is 2.29 bits per heavy atom. The second-order valence-corrected chi connectivity index (χ2v) is 6.50. The van der Waals surface area contributed by atoms with Crippen LogP contribution in [0.5, 0.6) is 5.75 Å². The summed E-state index contributed by atoms with van der Waals surface area (Å²) in [6.07, 6.45) is 2.11. The lowest BCUT2D eigenvalue weighted by atomic mass is 10.00. The number of carbonyl (C=O) groups excluding carboxylic acids is 1. The molecular weight excluding hydrogens is 264 g/mol. The Balaban J connectivity index is 2.40. The van der Waals surface area contributed by atoms with E-state index in [0.29, 0.717) is 37.0 Å². The number of esters is 1. The van der Waals surface area contributed by atoms with E-state index in [4.69, 9.17) is 4.74 Å². The number of carbonyl (C=O) groups is 1. The predicted octanol–water partition coefficient (Wildman–Crippen LogP) is 4.17. The first kappa shape index (κ1) is 17.5. The van der Waals surface area contributed by atoms with Gasteiger partial charge in [0.2, 0.25) is 0 Å². The fourth-order valence-electron chi connectivity index (χ4n) is 2.62. The smallest absolute Gasteiger partial charge is 0.306 e. The minimum Gasteiger partial charge on any atom is -0.507 e. The summed E-state index contributed by atoms with van der Waals surface area (Å²) in [4.78, 5) is 11.8. The molecule has 0 amide bonds. The van der Waals surface area contributed by atoms with Gasteiger partial charge < -0.3 is 9.84 Å². The number of phenols is 1. The molecule has 21 heavy (non-hydrogen) atoms. The molecule has 1 aromatic rings. The van der Waals surface area contributed by atoms with Crippen molar-refractivity contribution in [2.24, 2.45) is 11.8 Å². The lowest BCUT2D eigenvalue weighted by Gasteiger charge is -2.14. The number of hydrogen-bond donors (Lipinski definition) is 1. The Hall–Kier alpha value is -1.51. The van der Waals surface area contributed by atoms with Gasteiger partial charge >= 0.3 is 5.97 Å². The highest BCUT2D eigenvalue weighted by Crippen LogP contribution is 2.23. The molecule has 3 heteroatoms. The summed E-state index contributed by atoms with van der Waals surface area (Å²) >= 11 is 0. The van der Waals surface area contributed by atoms with Crippen LogP contribution in [-0.2, 0) is 16.0 Å². The van der Waals surface area contributed by atoms with Crippen LogP contribution in [0.1, 0.15) is 50.3 Å². The van der Waals surface area contributed by atoms with Crippen LogP contribution in [0.25, 0.3) is 0 Å². The number of phenolic OH excluding ortho intramolecular Hbond substituents is 1. The quantitative estimate of drug-likeness (QED) is 0.767. The number of aromatic hydroxyl groups is 1. The second-order valence-electron chi connectivity index (χ2n) is 6.50. The Morgan fingerprint density at radius 2 is 1.76 bits per heavy atom. The first-order chi connectivity index (χ1) is 9.79. The molecule has 1 atom stereocenters. The van der Waals surface area contributed by atoms with Crippen molar-refractivity contribution in [1.82, 2.24) is 0 Å². The van der Waals surface area contributed by atoms with E-state index >= 15 is 0 Å². The third-order valence-electron chi connectivity index (χ3n) is 3.57. The van der Waals surface area contributed by atoms with Gasteiger partial charge in [-0.2, -0.15) is 0 Å². The summed E-state index contributed by atoms with van der Waals surface area (Å²) in [5.41, 5.74) is 2.77. The van der Waals surface area contributed by atoms with E-state index in [-0.39, 0.29) is 5.97 Å². The van der Waals surface area contributed by atoms with Crippen LogP contribution in [0, 0.1) is 25.7 Å². The molecule has 0 saturated heterocycles. The standard InChI is InChI=1S/C18H28O3/c1-12(2)8-13(3)11-21-17(19)7-6-16-9-14(4)18(20)15(5)10-16/h9-10,12-13,20H,6-8,11H2,1-5H3. The van der Waals surface area contributed by atoms with E-state index in [0.717, 1.165) is 23.1 Å². The minimum absolute atomic E-state index is 0.144. The van der Waals surface area contributed by atoms with E-state index < -0.39 is 0 Å². The van der Waals surface area contributed by atoms with E-state index in [1.165, 1.54) is 0 Å². The van der Waals surface area contributed by atoms with E-state index in [9.17, 15) is 9.90 Å². The summed E-state index contributed by atoms with van der Waals surface area (Å²) in [6, 6.07) is 3.86. The first-order valence-corrected chi connectivity index (χ1v) is 7.74. The SMILES string of the molecule is Cc1cc(CCC(=O)OCC(C)CC(C)C)cc(C)c1O. The van der Waals surface area contributed by atoms with Crippen LogP contribution in [-0.4, -0.2) is 17.7 Å². The fraction of sp³-hybridized carbons (Fsp3) is 0.611. The number of benzene rings is 1. The Morgan fingerprint density at radius 1 is 1.19 bits per heavy atom. The molecule has 0 radical (unpaired) electrons. The molecule has 1 unspecified atom stereocenters. The summed E-state index contributed by atoms with van der Waals surface area (Å²) in [6.45, 7) is 10.7. The second kappa shape index (κ2) is 8.06. The molecule has 3 nitrogen and oxygen atoms in total. The van der Waals surface area contributed by atoms with Crippen LogP contribution >= 0.6 is 0 Å². The van der Waals surface area contributed by atoms with Crippen molar-refractivity contribution in [3.63, 3.8) is 0 Å². The lowest BCUT2D eigenvalue weighted by Crippen LogP contribution is -2.14. The van der Waals surface area contributed by atoms with Gasteiger partial charge in [0.1, 0.15) is 5.75 Å². The average Bonchev–Trinajstić information content (AvgIpc) is 2.39. The highest BCUT2D eigenvalue weighted by Gasteiger charge is 2.10. The van der Waals surface area contributed by atoms with Gasteiger partial charge in [-0.1, -0.05) is 32.9 Å². The molecule has 0 saturated carbocycles. The van der Waals surface area contributed by atoms with Gasteiger partial charge in [0, 0.05) is 6.42 Å². The zero-order valence-corrected chi connectivity index (χ0v) is 13.9. The molecule has 0 heterocycles. The van der Waals surface area contributed by atoms with Crippen molar-refractivity contribution in [2.75, 3.05) is 6.61 Å². The molecule has 1 N–H and O–H groups in total. The van der Waals surface area contributed by atoms with Crippen LogP contribution in [0.4, 0.5) is 0 Å². The Bertz CT molecular complexity index is 454. The maximum Gasteiger partial charge on any atom is 0.306 e. The van der Waals surface area contributed by atoms with Gasteiger partial charge in [0.05, 0.1) is 6.61 Å². The van der Waals surface area contributed by atoms with Gasteiger partial charge in [-0.15, -0.1) is 0 Å². The molecule has 0 aliphatic heterocycles. The zero-order chi connectivity index (χ0) is 16.0. The molecule has 1 aromatic carbocycles. The van der Waals surface area contributed by atoms with Gasteiger partial charge in [0.25, 0.3) is 0 Å². The zero-order valence-electron chi connectivity index (χ0n) is 13.9. The van der Waals surface area contributed by atoms with Gasteiger partial charge in [0.15, 0.2) is 0 Å². The molecular formula is C18H28O3. The summed E-state index contributed by atoms with van der Waals surface area (Å²) < 4.78 is 5.32. The first-order valence-electron chi connectivity index (χ1n) is 7.74. The normalized spacial score (nSPS) is 12.5. The van der Waals surface area contributed by atoms with Gasteiger partial charge in [-0.05, 0) is 55.2 Å². The van der Waals surface area contributed by atoms with E-state index in [1.54, 1.807) is 0 Å². The number of ether oxygens (including phenoxy) is 1. The monoisotopic (exact) mass is 292 g/mol. The molecule has 0 spiro atoms. The van der Waals surface area contributed by atoms with Gasteiger partial charge in [-0.3, -0.25) is 4.79 Å². The maximum absolute atomic E-state index is 11.8. The summed E-state index contributed by atoms with van der Waals surface area (Å²) in [7, 11) is 0. The van der Waals surface area contributed by atoms with E-state index in [1.807, 2.05) is 26.0 Å². The van der Waals surface area contributed by atoms with Crippen molar-refractivity contribution >= 4 is 5.97 Å². The Kier molecular flexibility index (Phi) is 6.73. The molecule has 0 bridgehead atoms. The molecule has 1 rings (SSSR count). The number of aryl methyl sites for hydroxylation is 3. The van der Waals surface area contributed by atoms with Crippen molar-refractivity contribution in [1.29, 1.82) is 0 Å². The average molecular weight is 292 g/mol. The topological polar surface area (TPSA) is 46.5 Å². The van der Waals surface area contributed by atoms with E-state index in [2.05, 4.69) is 20.8 Å². The lowest BCUT2D eigenvalue weighted by molar-refractivity contribution is -0.145.